The first kappa shape index (κ1) is 11.8. The second kappa shape index (κ2) is 4.81. The zero-order chi connectivity index (χ0) is 12.5. The van der Waals surface area contributed by atoms with Gasteiger partial charge in [0.15, 0.2) is 0 Å². The molecule has 2 N–H and O–H groups in total. The summed E-state index contributed by atoms with van der Waals surface area (Å²) in [5.41, 5.74) is 11.1. The van der Waals surface area contributed by atoms with Crippen molar-refractivity contribution < 1.29 is 9.47 Å². The predicted molar refractivity (Wildman–Crippen MR) is 71.6 cm³/mol. The van der Waals surface area contributed by atoms with E-state index < -0.39 is 0 Å². The van der Waals surface area contributed by atoms with Gasteiger partial charge in [-0.05, 0) is 38.3 Å². The van der Waals surface area contributed by atoms with Crippen LogP contribution in [-0.2, 0) is 19.3 Å². The number of nitrogens with two attached hydrogens (primary N) is 1. The second-order valence-electron chi connectivity index (χ2n) is 5.16. The Morgan fingerprint density at radius 1 is 1.00 bits per heavy atom. The lowest BCUT2D eigenvalue weighted by molar-refractivity contribution is 0.352. The van der Waals surface area contributed by atoms with E-state index in [0.29, 0.717) is 0 Å². The molecule has 18 heavy (non-hydrogen) atoms. The predicted octanol–water partition coefficient (Wildman–Crippen LogP) is 2.15. The molecule has 0 spiro atoms. The Balaban J connectivity index is 2.01. The molecule has 1 aromatic rings. The van der Waals surface area contributed by atoms with E-state index >= 15 is 0 Å². The van der Waals surface area contributed by atoms with Gasteiger partial charge in [0.2, 0.25) is 0 Å². The first-order chi connectivity index (χ1) is 8.83. The van der Waals surface area contributed by atoms with Gasteiger partial charge in [-0.3, -0.25) is 0 Å². The van der Waals surface area contributed by atoms with Crippen molar-refractivity contribution in [3.05, 3.63) is 22.3 Å². The number of benzene rings is 1. The highest BCUT2D eigenvalue weighted by Gasteiger charge is 2.28. The van der Waals surface area contributed by atoms with E-state index in [1.807, 2.05) is 0 Å². The molecular weight excluding hydrogens is 226 g/mol. The van der Waals surface area contributed by atoms with Crippen LogP contribution in [0.2, 0.25) is 0 Å². The summed E-state index contributed by atoms with van der Waals surface area (Å²) in [5.74, 6) is 2.30. The van der Waals surface area contributed by atoms with Crippen LogP contribution in [0.4, 0.5) is 0 Å². The van der Waals surface area contributed by atoms with Crippen molar-refractivity contribution in [1.29, 1.82) is 0 Å². The zero-order valence-corrected chi connectivity index (χ0v) is 11.1. The summed E-state index contributed by atoms with van der Waals surface area (Å²) in [6, 6.07) is 0. The molecule has 0 fully saturated rings. The van der Waals surface area contributed by atoms with Crippen molar-refractivity contribution in [3.8, 4) is 11.5 Å². The molecule has 0 aliphatic carbocycles. The summed E-state index contributed by atoms with van der Waals surface area (Å²) in [6.45, 7) is 4.58. The van der Waals surface area contributed by atoms with Gasteiger partial charge in [0.1, 0.15) is 11.5 Å². The number of fused-ring (bicyclic) bond motifs is 2. The van der Waals surface area contributed by atoms with E-state index in [2.05, 4.69) is 6.92 Å². The van der Waals surface area contributed by atoms with E-state index in [-0.39, 0.29) is 0 Å². The zero-order valence-electron chi connectivity index (χ0n) is 11.1. The lowest BCUT2D eigenvalue weighted by atomic mass is 9.92. The van der Waals surface area contributed by atoms with Crippen LogP contribution in [0, 0.1) is 6.92 Å². The van der Waals surface area contributed by atoms with Crippen LogP contribution >= 0.6 is 0 Å². The lowest BCUT2D eigenvalue weighted by Gasteiger charge is -2.15. The summed E-state index contributed by atoms with van der Waals surface area (Å²) in [6.07, 6.45) is 5.36. The van der Waals surface area contributed by atoms with E-state index in [1.165, 1.54) is 22.3 Å². The molecule has 0 unspecified atom stereocenters. The maximum atomic E-state index is 5.88. The standard InChI is InChI=1S/C15H21NO2/c1-10-11-5-8-18-15(11)12(4-2-3-7-16)13-6-9-17-14(10)13/h2-9,16H2,1H3. The highest BCUT2D eigenvalue weighted by molar-refractivity contribution is 5.61. The summed E-state index contributed by atoms with van der Waals surface area (Å²) < 4.78 is 11.7. The number of hydrogen-bond acceptors (Lipinski definition) is 3. The van der Waals surface area contributed by atoms with Gasteiger partial charge in [-0.2, -0.15) is 0 Å². The molecule has 2 aliphatic rings. The van der Waals surface area contributed by atoms with Crippen LogP contribution in [0.3, 0.4) is 0 Å². The maximum Gasteiger partial charge on any atom is 0.126 e. The molecule has 0 atom stereocenters. The molecule has 2 heterocycles. The average Bonchev–Trinajstić information content (AvgIpc) is 3.02. The molecule has 3 nitrogen and oxygen atoms in total. The van der Waals surface area contributed by atoms with Crippen LogP contribution < -0.4 is 15.2 Å². The maximum absolute atomic E-state index is 5.88. The minimum absolute atomic E-state index is 0.771. The highest BCUT2D eigenvalue weighted by atomic mass is 16.5. The van der Waals surface area contributed by atoms with E-state index in [0.717, 1.165) is 63.4 Å². The van der Waals surface area contributed by atoms with Crippen molar-refractivity contribution in [2.75, 3.05) is 19.8 Å². The fraction of sp³-hybridized carbons (Fsp3) is 0.600. The van der Waals surface area contributed by atoms with Crippen LogP contribution in [0.15, 0.2) is 0 Å². The van der Waals surface area contributed by atoms with Gasteiger partial charge in [0, 0.05) is 29.5 Å². The SMILES string of the molecule is Cc1c2c(c(CCCCN)c3c1OCC3)OCC2. The first-order valence-electron chi connectivity index (χ1n) is 6.95. The molecule has 1 aromatic carbocycles. The Bertz CT molecular complexity index is 433. The minimum Gasteiger partial charge on any atom is -0.493 e. The largest absolute Gasteiger partial charge is 0.493 e. The second-order valence-corrected chi connectivity index (χ2v) is 5.16. The molecule has 0 aromatic heterocycles. The Morgan fingerprint density at radius 2 is 1.72 bits per heavy atom. The van der Waals surface area contributed by atoms with Crippen LogP contribution in [-0.4, -0.2) is 19.8 Å². The smallest absolute Gasteiger partial charge is 0.126 e. The third kappa shape index (κ3) is 1.77. The molecule has 0 amide bonds. The highest BCUT2D eigenvalue weighted by Crippen LogP contribution is 2.44. The first-order valence-corrected chi connectivity index (χ1v) is 6.95. The molecular formula is C15H21NO2. The van der Waals surface area contributed by atoms with Crippen molar-refractivity contribution in [1.82, 2.24) is 0 Å². The third-order valence-electron chi connectivity index (χ3n) is 4.06. The van der Waals surface area contributed by atoms with Crippen LogP contribution in [0.1, 0.15) is 35.1 Å². The number of unbranched alkanes of at least 4 members (excludes halogenated alkanes) is 1. The van der Waals surface area contributed by atoms with Crippen molar-refractivity contribution in [3.63, 3.8) is 0 Å². The monoisotopic (exact) mass is 247 g/mol. The van der Waals surface area contributed by atoms with Gasteiger partial charge < -0.3 is 15.2 Å². The molecule has 0 bridgehead atoms. The van der Waals surface area contributed by atoms with E-state index in [9.17, 15) is 0 Å². The quantitative estimate of drug-likeness (QED) is 0.829. The average molecular weight is 247 g/mol. The summed E-state index contributed by atoms with van der Waals surface area (Å²) in [5, 5.41) is 0. The van der Waals surface area contributed by atoms with Gasteiger partial charge in [0.25, 0.3) is 0 Å². The van der Waals surface area contributed by atoms with Gasteiger partial charge in [-0.15, -0.1) is 0 Å². The summed E-state index contributed by atoms with van der Waals surface area (Å²) in [7, 11) is 0. The van der Waals surface area contributed by atoms with Crippen molar-refractivity contribution >= 4 is 0 Å². The van der Waals surface area contributed by atoms with E-state index in [4.69, 9.17) is 15.2 Å². The Hall–Kier alpha value is -1.22. The number of ether oxygens (including phenoxy) is 2. The Labute approximate surface area is 108 Å². The Kier molecular flexibility index (Phi) is 3.16. The molecule has 3 heteroatoms. The molecule has 0 saturated carbocycles. The van der Waals surface area contributed by atoms with Gasteiger partial charge >= 0.3 is 0 Å². The molecule has 98 valence electrons. The topological polar surface area (TPSA) is 44.5 Å². The number of hydrogen-bond donors (Lipinski definition) is 1. The molecule has 0 saturated heterocycles. The van der Waals surface area contributed by atoms with Gasteiger partial charge in [0.05, 0.1) is 13.2 Å². The summed E-state index contributed by atoms with van der Waals surface area (Å²) in [4.78, 5) is 0. The fourth-order valence-electron chi connectivity index (χ4n) is 3.15. The van der Waals surface area contributed by atoms with Crippen molar-refractivity contribution in [2.45, 2.75) is 39.0 Å². The number of rotatable bonds is 4. The third-order valence-corrected chi connectivity index (χ3v) is 4.06. The normalized spacial score (nSPS) is 16.1. The minimum atomic E-state index is 0.771. The van der Waals surface area contributed by atoms with Crippen LogP contribution in [0.5, 0.6) is 11.5 Å². The molecule has 2 aliphatic heterocycles. The van der Waals surface area contributed by atoms with Crippen LogP contribution in [0.25, 0.3) is 0 Å². The van der Waals surface area contributed by atoms with Crippen molar-refractivity contribution in [2.24, 2.45) is 5.73 Å². The fourth-order valence-corrected chi connectivity index (χ4v) is 3.15. The van der Waals surface area contributed by atoms with E-state index in [1.54, 1.807) is 0 Å². The lowest BCUT2D eigenvalue weighted by Crippen LogP contribution is -2.02. The summed E-state index contributed by atoms with van der Waals surface area (Å²) >= 11 is 0. The molecule has 0 radical (unpaired) electrons. The Morgan fingerprint density at radius 3 is 2.50 bits per heavy atom. The molecule has 3 rings (SSSR count). The van der Waals surface area contributed by atoms with Gasteiger partial charge in [-0.1, -0.05) is 0 Å². The van der Waals surface area contributed by atoms with Gasteiger partial charge in [-0.25, -0.2) is 0 Å².